The lowest BCUT2D eigenvalue weighted by Crippen LogP contribution is -2.51. The van der Waals surface area contributed by atoms with Crippen LogP contribution in [0.15, 0.2) is 12.2 Å². The number of nitrogens with one attached hydrogen (secondary N) is 2. The predicted molar refractivity (Wildman–Crippen MR) is 128 cm³/mol. The Morgan fingerprint density at radius 3 is 2.57 bits per heavy atom. The molecule has 3 rings (SSSR count). The van der Waals surface area contributed by atoms with E-state index in [4.69, 9.17) is 9.47 Å². The van der Waals surface area contributed by atoms with Gasteiger partial charge in [0.2, 0.25) is 5.91 Å². The molecule has 1 aliphatic heterocycles. The molecule has 0 saturated heterocycles. The maximum atomic E-state index is 13.6. The summed E-state index contributed by atoms with van der Waals surface area (Å²) < 4.78 is 10.6. The number of aliphatic hydroxyl groups excluding tert-OH is 1. The van der Waals surface area contributed by atoms with E-state index in [2.05, 4.69) is 10.6 Å². The molecule has 0 bridgehead atoms. The molecule has 2 saturated carbocycles. The molecule has 0 aromatic carbocycles. The summed E-state index contributed by atoms with van der Waals surface area (Å²) in [5.41, 5.74) is -1.84. The van der Waals surface area contributed by atoms with E-state index in [-0.39, 0.29) is 31.1 Å². The molecule has 0 aromatic heterocycles. The molecule has 2 aliphatic carbocycles. The van der Waals surface area contributed by atoms with Crippen LogP contribution in [0.4, 0.5) is 4.79 Å². The van der Waals surface area contributed by atoms with E-state index in [0.29, 0.717) is 12.8 Å². The summed E-state index contributed by atoms with van der Waals surface area (Å²) >= 11 is 0. The van der Waals surface area contributed by atoms with E-state index in [9.17, 15) is 24.3 Å². The maximum Gasteiger partial charge on any atom is 0.408 e. The van der Waals surface area contributed by atoms with Gasteiger partial charge in [-0.3, -0.25) is 9.59 Å². The van der Waals surface area contributed by atoms with Crippen LogP contribution in [0.5, 0.6) is 0 Å². The minimum atomic E-state index is -1.13. The zero-order chi connectivity index (χ0) is 25.8. The van der Waals surface area contributed by atoms with Crippen LogP contribution in [0.2, 0.25) is 0 Å². The smallest absolute Gasteiger partial charge is 0.408 e. The second-order valence-corrected chi connectivity index (χ2v) is 11.0. The summed E-state index contributed by atoms with van der Waals surface area (Å²) in [6.07, 6.45) is 6.96. The standard InChI is InChI=1S/C26H40N2O7/c1-5-34-23(32)26-15-16(26)11-9-7-6-8-10-12-20(27-24(33)35-25(2,3)4)21(30)18-13-17(29)14-19(18)22(31)28-26/h9,11,16-20,29H,5-8,10,12-15H2,1-4H3,(H,27,33)(H,28,31)/b11-9-/t16-,17+,18?,19-,20+,26-/m1/s1. The molecule has 1 heterocycles. The predicted octanol–water partition coefficient (Wildman–Crippen LogP) is 2.79. The fourth-order valence-corrected chi connectivity index (χ4v) is 5.18. The number of Topliss-reactive ketones (excluding diaryl/α,β-unsaturated/α-hetero) is 1. The molecular weight excluding hydrogens is 452 g/mol. The van der Waals surface area contributed by atoms with Crippen LogP contribution in [0, 0.1) is 17.8 Å². The number of fused-ring (bicyclic) bond motifs is 2. The topological polar surface area (TPSA) is 131 Å². The summed E-state index contributed by atoms with van der Waals surface area (Å²) in [6.45, 7) is 7.16. The number of aliphatic hydroxyl groups is 1. The maximum absolute atomic E-state index is 13.6. The van der Waals surface area contributed by atoms with Gasteiger partial charge in [-0.1, -0.05) is 25.0 Å². The molecule has 3 aliphatic rings. The van der Waals surface area contributed by atoms with E-state index in [1.165, 1.54) is 0 Å². The van der Waals surface area contributed by atoms with Gasteiger partial charge in [0.05, 0.1) is 24.7 Å². The average molecular weight is 493 g/mol. The molecule has 0 radical (unpaired) electrons. The van der Waals surface area contributed by atoms with Gasteiger partial charge in [-0.2, -0.15) is 0 Å². The summed E-state index contributed by atoms with van der Waals surface area (Å²) in [5.74, 6) is -2.90. The molecule has 196 valence electrons. The first-order chi connectivity index (χ1) is 16.5. The normalized spacial score (nSPS) is 34.8. The number of carbonyl (C=O) groups excluding carboxylic acids is 4. The molecule has 0 spiro atoms. The van der Waals surface area contributed by atoms with E-state index in [0.717, 1.165) is 25.7 Å². The third-order valence-corrected chi connectivity index (χ3v) is 7.01. The molecule has 9 nitrogen and oxygen atoms in total. The van der Waals surface area contributed by atoms with Gasteiger partial charge in [0.15, 0.2) is 5.78 Å². The number of rotatable bonds is 3. The Morgan fingerprint density at radius 2 is 1.89 bits per heavy atom. The molecule has 1 unspecified atom stereocenters. The number of allylic oxidation sites excluding steroid dienone is 1. The van der Waals surface area contributed by atoms with E-state index < -0.39 is 53.1 Å². The second kappa shape index (κ2) is 11.1. The van der Waals surface area contributed by atoms with Crippen molar-refractivity contribution in [3.05, 3.63) is 12.2 Å². The van der Waals surface area contributed by atoms with Crippen LogP contribution < -0.4 is 10.6 Å². The number of ether oxygens (including phenoxy) is 2. The van der Waals surface area contributed by atoms with Gasteiger partial charge in [-0.15, -0.1) is 0 Å². The van der Waals surface area contributed by atoms with Crippen molar-refractivity contribution in [2.75, 3.05) is 6.61 Å². The minimum Gasteiger partial charge on any atom is -0.464 e. The molecule has 2 amide bonds. The zero-order valence-electron chi connectivity index (χ0n) is 21.3. The van der Waals surface area contributed by atoms with Crippen molar-refractivity contribution in [1.82, 2.24) is 10.6 Å². The molecule has 9 heteroatoms. The lowest BCUT2D eigenvalue weighted by Gasteiger charge is -2.27. The first-order valence-electron chi connectivity index (χ1n) is 12.8. The van der Waals surface area contributed by atoms with Gasteiger partial charge in [-0.25, -0.2) is 9.59 Å². The Hall–Kier alpha value is -2.42. The van der Waals surface area contributed by atoms with Crippen LogP contribution in [-0.2, 0) is 23.9 Å². The molecule has 0 aromatic rings. The number of hydrogen-bond acceptors (Lipinski definition) is 7. The quantitative estimate of drug-likeness (QED) is 0.408. The molecule has 6 atom stereocenters. The Balaban J connectivity index is 1.84. The number of esters is 1. The van der Waals surface area contributed by atoms with Gasteiger partial charge < -0.3 is 25.2 Å². The fraction of sp³-hybridized carbons (Fsp3) is 0.769. The van der Waals surface area contributed by atoms with Crippen molar-refractivity contribution in [2.45, 2.75) is 102 Å². The highest BCUT2D eigenvalue weighted by Gasteiger charge is 2.62. The fourth-order valence-electron chi connectivity index (χ4n) is 5.18. The lowest BCUT2D eigenvalue weighted by molar-refractivity contribution is -0.150. The third kappa shape index (κ3) is 6.84. The first-order valence-corrected chi connectivity index (χ1v) is 12.8. The van der Waals surface area contributed by atoms with Crippen LogP contribution >= 0.6 is 0 Å². The third-order valence-electron chi connectivity index (χ3n) is 7.01. The highest BCUT2D eigenvalue weighted by Crippen LogP contribution is 2.47. The summed E-state index contributed by atoms with van der Waals surface area (Å²) in [5, 5.41) is 16.0. The Bertz CT molecular complexity index is 849. The summed E-state index contributed by atoms with van der Waals surface area (Å²) in [4.78, 5) is 52.2. The highest BCUT2D eigenvalue weighted by atomic mass is 16.6. The Morgan fingerprint density at radius 1 is 1.17 bits per heavy atom. The van der Waals surface area contributed by atoms with Crippen LogP contribution in [0.3, 0.4) is 0 Å². The summed E-state index contributed by atoms with van der Waals surface area (Å²) in [7, 11) is 0. The SMILES string of the molecule is CCOC(=O)[C@@]12C[C@H]1/C=C\CCCCC[C@H](NC(=O)OC(C)(C)C)C(=O)C1C[C@H](O)C[C@H]1C(=O)N2. The molecular formula is C26H40N2O7. The average Bonchev–Trinajstić information content (AvgIpc) is 3.30. The highest BCUT2D eigenvalue weighted by molar-refractivity contribution is 5.97. The Labute approximate surface area is 207 Å². The number of hydrogen-bond donors (Lipinski definition) is 3. The molecule has 35 heavy (non-hydrogen) atoms. The number of amides is 2. The zero-order valence-corrected chi connectivity index (χ0v) is 21.3. The van der Waals surface area contributed by atoms with Crippen LogP contribution in [0.25, 0.3) is 0 Å². The summed E-state index contributed by atoms with van der Waals surface area (Å²) in [6, 6.07) is -0.816. The van der Waals surface area contributed by atoms with Gasteiger partial charge in [0.25, 0.3) is 0 Å². The molecule has 2 fully saturated rings. The van der Waals surface area contributed by atoms with Gasteiger partial charge in [-0.05, 0) is 66.2 Å². The van der Waals surface area contributed by atoms with E-state index in [1.807, 2.05) is 12.2 Å². The van der Waals surface area contributed by atoms with Crippen LogP contribution in [-0.4, -0.2) is 58.8 Å². The first kappa shape index (κ1) is 27.2. The van der Waals surface area contributed by atoms with Crippen molar-refractivity contribution < 1.29 is 33.8 Å². The van der Waals surface area contributed by atoms with Gasteiger partial charge in [0, 0.05) is 11.8 Å². The van der Waals surface area contributed by atoms with Crippen molar-refractivity contribution in [3.63, 3.8) is 0 Å². The lowest BCUT2D eigenvalue weighted by atomic mass is 9.86. The number of ketones is 1. The van der Waals surface area contributed by atoms with Crippen molar-refractivity contribution in [2.24, 2.45) is 17.8 Å². The number of carbonyl (C=O) groups is 4. The number of alkyl carbamates (subject to hydrolysis) is 1. The monoisotopic (exact) mass is 492 g/mol. The Kier molecular flexibility index (Phi) is 8.62. The van der Waals surface area contributed by atoms with Crippen molar-refractivity contribution >= 4 is 23.8 Å². The largest absolute Gasteiger partial charge is 0.464 e. The van der Waals surface area contributed by atoms with Crippen molar-refractivity contribution in [1.29, 1.82) is 0 Å². The minimum absolute atomic E-state index is 0.126. The molecule has 3 N–H and O–H groups in total. The van der Waals surface area contributed by atoms with E-state index >= 15 is 0 Å². The van der Waals surface area contributed by atoms with Gasteiger partial charge >= 0.3 is 12.1 Å². The van der Waals surface area contributed by atoms with Gasteiger partial charge in [0.1, 0.15) is 11.1 Å². The van der Waals surface area contributed by atoms with E-state index in [1.54, 1.807) is 27.7 Å². The van der Waals surface area contributed by atoms with Crippen molar-refractivity contribution in [3.8, 4) is 0 Å². The van der Waals surface area contributed by atoms with Crippen LogP contribution in [0.1, 0.15) is 79.1 Å². The second-order valence-electron chi connectivity index (χ2n) is 11.0.